The molecule has 2 aliphatic rings. The molecule has 0 aromatic heterocycles. The van der Waals surface area contributed by atoms with Crippen molar-refractivity contribution in [2.45, 2.75) is 32.0 Å². The molecule has 2 aromatic carbocycles. The van der Waals surface area contributed by atoms with Crippen LogP contribution in [-0.2, 0) is 16.1 Å². The molecule has 1 amide bonds. The molecule has 6 heteroatoms. The minimum atomic E-state index is -0.569. The van der Waals surface area contributed by atoms with Gasteiger partial charge >= 0.3 is 0 Å². The molecule has 1 saturated heterocycles. The van der Waals surface area contributed by atoms with Crippen LogP contribution in [0.4, 0.5) is 4.39 Å². The van der Waals surface area contributed by atoms with Gasteiger partial charge in [0.25, 0.3) is 5.91 Å². The minimum Gasteiger partial charge on any atom is -0.485 e. The summed E-state index contributed by atoms with van der Waals surface area (Å²) in [5, 5.41) is 0. The molecule has 0 saturated carbocycles. The van der Waals surface area contributed by atoms with Crippen molar-refractivity contribution in [1.82, 2.24) is 4.90 Å². The summed E-state index contributed by atoms with van der Waals surface area (Å²) in [6.07, 6.45) is 2.34. The molecule has 2 aliphatic heterocycles. The lowest BCUT2D eigenvalue weighted by molar-refractivity contribution is -0.142. The third-order valence-electron chi connectivity index (χ3n) is 5.56. The average molecular weight is 399 g/mol. The first kappa shape index (κ1) is 19.7. The maximum Gasteiger partial charge on any atom is 0.267 e. The van der Waals surface area contributed by atoms with Crippen LogP contribution in [0.25, 0.3) is 0 Å². The summed E-state index contributed by atoms with van der Waals surface area (Å²) < 4.78 is 30.1. The van der Waals surface area contributed by atoms with Crippen LogP contribution in [0.3, 0.4) is 0 Å². The number of hydrogen-bond donors (Lipinski definition) is 0. The predicted molar refractivity (Wildman–Crippen MR) is 106 cm³/mol. The summed E-state index contributed by atoms with van der Waals surface area (Å²) in [7, 11) is 0. The first-order valence-corrected chi connectivity index (χ1v) is 10.2. The van der Waals surface area contributed by atoms with Crippen molar-refractivity contribution in [3.63, 3.8) is 0 Å². The zero-order chi connectivity index (χ0) is 20.1. The van der Waals surface area contributed by atoms with Crippen LogP contribution < -0.4 is 9.47 Å². The van der Waals surface area contributed by atoms with Crippen molar-refractivity contribution < 1.29 is 23.4 Å². The second-order valence-electron chi connectivity index (χ2n) is 7.60. The Bertz CT molecular complexity index is 818. The van der Waals surface area contributed by atoms with E-state index in [1.54, 1.807) is 12.1 Å². The zero-order valence-corrected chi connectivity index (χ0v) is 16.4. The summed E-state index contributed by atoms with van der Waals surface area (Å²) in [5.74, 6) is 1.65. The SMILES string of the molecule is O=C(C1COc2ccccc2O1)N1CCC(CCOCc2ccc(F)cc2)CC1. The number of ether oxygens (including phenoxy) is 3. The van der Waals surface area contributed by atoms with Gasteiger partial charge in [0.2, 0.25) is 6.10 Å². The predicted octanol–water partition coefficient (Wildman–Crippen LogP) is 3.81. The number of benzene rings is 2. The number of rotatable bonds is 6. The van der Waals surface area contributed by atoms with E-state index in [9.17, 15) is 9.18 Å². The quantitative estimate of drug-likeness (QED) is 0.693. The Hall–Kier alpha value is -2.60. The van der Waals surface area contributed by atoms with E-state index < -0.39 is 6.10 Å². The monoisotopic (exact) mass is 399 g/mol. The molecule has 1 fully saturated rings. The minimum absolute atomic E-state index is 0.00510. The number of nitrogens with zero attached hydrogens (tertiary/aromatic N) is 1. The van der Waals surface area contributed by atoms with Crippen molar-refractivity contribution in [1.29, 1.82) is 0 Å². The maximum absolute atomic E-state index is 12.9. The van der Waals surface area contributed by atoms with Gasteiger partial charge in [-0.3, -0.25) is 4.79 Å². The largest absolute Gasteiger partial charge is 0.485 e. The van der Waals surface area contributed by atoms with E-state index in [1.807, 2.05) is 29.2 Å². The Balaban J connectivity index is 1.17. The highest BCUT2D eigenvalue weighted by Crippen LogP contribution is 2.31. The van der Waals surface area contributed by atoms with E-state index in [4.69, 9.17) is 14.2 Å². The van der Waals surface area contributed by atoms with Gasteiger partial charge in [0.1, 0.15) is 12.4 Å². The third kappa shape index (κ3) is 5.07. The molecule has 0 radical (unpaired) electrons. The van der Waals surface area contributed by atoms with E-state index in [0.717, 1.165) is 37.9 Å². The number of piperidine rings is 1. The Morgan fingerprint density at radius 2 is 1.79 bits per heavy atom. The fraction of sp³-hybridized carbons (Fsp3) is 0.435. The molecule has 1 unspecified atom stereocenters. The van der Waals surface area contributed by atoms with Crippen LogP contribution in [0.5, 0.6) is 11.5 Å². The first-order chi connectivity index (χ1) is 14.2. The van der Waals surface area contributed by atoms with Gasteiger partial charge in [-0.2, -0.15) is 0 Å². The van der Waals surface area contributed by atoms with Crippen LogP contribution in [0, 0.1) is 11.7 Å². The molecule has 154 valence electrons. The van der Waals surface area contributed by atoms with Crippen LogP contribution in [0.2, 0.25) is 0 Å². The average Bonchev–Trinajstić information content (AvgIpc) is 2.77. The van der Waals surface area contributed by atoms with Gasteiger partial charge in [0, 0.05) is 19.7 Å². The third-order valence-corrected chi connectivity index (χ3v) is 5.56. The zero-order valence-electron chi connectivity index (χ0n) is 16.4. The van der Waals surface area contributed by atoms with Gasteiger partial charge in [0.15, 0.2) is 11.5 Å². The Morgan fingerprint density at radius 3 is 2.55 bits per heavy atom. The van der Waals surface area contributed by atoms with Gasteiger partial charge in [-0.15, -0.1) is 0 Å². The Kier molecular flexibility index (Phi) is 6.30. The fourth-order valence-electron chi connectivity index (χ4n) is 3.81. The lowest BCUT2D eigenvalue weighted by Gasteiger charge is -2.35. The molecule has 1 atom stereocenters. The molecular weight excluding hydrogens is 373 g/mol. The molecule has 0 N–H and O–H groups in total. The number of likely N-dealkylation sites (tertiary alicyclic amines) is 1. The van der Waals surface area contributed by atoms with Gasteiger partial charge in [-0.25, -0.2) is 4.39 Å². The Morgan fingerprint density at radius 1 is 1.07 bits per heavy atom. The number of fused-ring (bicyclic) bond motifs is 1. The highest BCUT2D eigenvalue weighted by atomic mass is 19.1. The maximum atomic E-state index is 12.9. The number of para-hydroxylation sites is 2. The number of carbonyl (C=O) groups excluding carboxylic acids is 1. The normalized spacial score (nSPS) is 19.2. The van der Waals surface area contributed by atoms with E-state index in [2.05, 4.69) is 0 Å². The van der Waals surface area contributed by atoms with E-state index in [0.29, 0.717) is 30.6 Å². The Labute approximate surface area is 170 Å². The fourth-order valence-corrected chi connectivity index (χ4v) is 3.81. The topological polar surface area (TPSA) is 48.0 Å². The summed E-state index contributed by atoms with van der Waals surface area (Å²) in [5.41, 5.74) is 0.975. The molecule has 5 nitrogen and oxygen atoms in total. The molecule has 4 rings (SSSR count). The van der Waals surface area contributed by atoms with E-state index in [1.165, 1.54) is 12.1 Å². The van der Waals surface area contributed by atoms with Gasteiger partial charge in [0.05, 0.1) is 6.61 Å². The second-order valence-corrected chi connectivity index (χ2v) is 7.60. The first-order valence-electron chi connectivity index (χ1n) is 10.2. The molecular formula is C23H26FNO4. The van der Waals surface area contributed by atoms with Gasteiger partial charge in [-0.05, 0) is 55.0 Å². The van der Waals surface area contributed by atoms with Crippen LogP contribution in [0.1, 0.15) is 24.8 Å². The summed E-state index contributed by atoms with van der Waals surface area (Å²) in [4.78, 5) is 14.7. The van der Waals surface area contributed by atoms with Crippen molar-refractivity contribution in [3.05, 3.63) is 59.9 Å². The van der Waals surface area contributed by atoms with Crippen LogP contribution >= 0.6 is 0 Å². The number of amides is 1. The number of hydrogen-bond acceptors (Lipinski definition) is 4. The van der Waals surface area contributed by atoms with Crippen molar-refractivity contribution >= 4 is 5.91 Å². The standard InChI is InChI=1S/C23H26FNO4/c24-19-7-5-18(6-8-19)15-27-14-11-17-9-12-25(13-10-17)23(26)22-16-28-20-3-1-2-4-21(20)29-22/h1-8,17,22H,9-16H2. The van der Waals surface area contributed by atoms with Crippen LogP contribution in [-0.4, -0.2) is 43.2 Å². The van der Waals surface area contributed by atoms with E-state index in [-0.39, 0.29) is 18.3 Å². The molecule has 29 heavy (non-hydrogen) atoms. The molecule has 0 bridgehead atoms. The van der Waals surface area contributed by atoms with Crippen LogP contribution in [0.15, 0.2) is 48.5 Å². The summed E-state index contributed by atoms with van der Waals surface area (Å²) in [6.45, 7) is 2.91. The van der Waals surface area contributed by atoms with E-state index >= 15 is 0 Å². The highest BCUT2D eigenvalue weighted by Gasteiger charge is 2.32. The summed E-state index contributed by atoms with van der Waals surface area (Å²) >= 11 is 0. The molecule has 2 heterocycles. The highest BCUT2D eigenvalue weighted by molar-refractivity contribution is 5.82. The number of carbonyl (C=O) groups is 1. The molecule has 0 aliphatic carbocycles. The lowest BCUT2D eigenvalue weighted by atomic mass is 9.93. The van der Waals surface area contributed by atoms with Crippen molar-refractivity contribution in [3.8, 4) is 11.5 Å². The molecule has 2 aromatic rings. The van der Waals surface area contributed by atoms with Gasteiger partial charge in [-0.1, -0.05) is 24.3 Å². The summed E-state index contributed by atoms with van der Waals surface area (Å²) in [6, 6.07) is 13.8. The van der Waals surface area contributed by atoms with Gasteiger partial charge < -0.3 is 19.1 Å². The second kappa shape index (κ2) is 9.27. The molecule has 0 spiro atoms. The number of halogens is 1. The lowest BCUT2D eigenvalue weighted by Crippen LogP contribution is -2.49. The smallest absolute Gasteiger partial charge is 0.267 e. The van der Waals surface area contributed by atoms with Crippen molar-refractivity contribution in [2.24, 2.45) is 5.92 Å². The van der Waals surface area contributed by atoms with Crippen molar-refractivity contribution in [2.75, 3.05) is 26.3 Å².